The summed E-state index contributed by atoms with van der Waals surface area (Å²) in [5, 5.41) is 28.8. The van der Waals surface area contributed by atoms with Gasteiger partial charge in [0.1, 0.15) is 23.9 Å². The minimum absolute atomic E-state index is 0.268. The highest BCUT2D eigenvalue weighted by molar-refractivity contribution is 5.84. The van der Waals surface area contributed by atoms with Crippen molar-refractivity contribution in [1.29, 1.82) is 0 Å². The normalized spacial score (nSPS) is 14.7. The van der Waals surface area contributed by atoms with Crippen molar-refractivity contribution in [2.75, 3.05) is 0 Å². The second-order valence-corrected chi connectivity index (χ2v) is 19.4. The van der Waals surface area contributed by atoms with Gasteiger partial charge in [-0.3, -0.25) is 9.59 Å². The van der Waals surface area contributed by atoms with E-state index in [1.807, 2.05) is 96.5 Å². The molecule has 2 aromatic carbocycles. The third-order valence-electron chi connectivity index (χ3n) is 11.8. The fourth-order valence-electron chi connectivity index (χ4n) is 7.46. The first-order valence-corrected chi connectivity index (χ1v) is 20.5. The van der Waals surface area contributed by atoms with E-state index in [4.69, 9.17) is 9.97 Å². The molecule has 12 heteroatoms. The van der Waals surface area contributed by atoms with Gasteiger partial charge in [0.2, 0.25) is 11.8 Å². The Kier molecular flexibility index (Phi) is 12.0. The molecule has 0 saturated carbocycles. The van der Waals surface area contributed by atoms with Gasteiger partial charge in [-0.25, -0.2) is 9.97 Å². The van der Waals surface area contributed by atoms with Gasteiger partial charge in [-0.2, -0.15) is 0 Å². The number of aromatic nitrogens is 6. The van der Waals surface area contributed by atoms with Crippen molar-refractivity contribution in [2.45, 2.75) is 93.5 Å². The largest absolute Gasteiger partial charge is 0.386 e. The summed E-state index contributed by atoms with van der Waals surface area (Å²) in [5.74, 6) is 0.738. The molecular formula is C48H62N8O4. The number of hydrogen-bond acceptors (Lipinski definition) is 6. The van der Waals surface area contributed by atoms with Gasteiger partial charge in [0.25, 0.3) is 0 Å². The number of hydrogen-bond donors (Lipinski definition) is 6. The Morgan fingerprint density at radius 1 is 0.550 bits per heavy atom. The molecule has 0 spiro atoms. The molecule has 0 aliphatic rings. The first-order valence-electron chi connectivity index (χ1n) is 20.5. The van der Waals surface area contributed by atoms with E-state index in [1.165, 1.54) is 0 Å². The van der Waals surface area contributed by atoms with Crippen molar-refractivity contribution in [1.82, 2.24) is 39.7 Å². The van der Waals surface area contributed by atoms with E-state index in [2.05, 4.69) is 86.4 Å². The van der Waals surface area contributed by atoms with E-state index in [1.54, 1.807) is 27.7 Å². The molecule has 6 rings (SSSR count). The molecule has 12 nitrogen and oxygen atoms in total. The number of nitrogens with one attached hydrogen (secondary N) is 4. The summed E-state index contributed by atoms with van der Waals surface area (Å²) >= 11 is 0. The van der Waals surface area contributed by atoms with Crippen LogP contribution in [0.5, 0.6) is 0 Å². The van der Waals surface area contributed by atoms with Gasteiger partial charge in [0.05, 0.1) is 34.3 Å². The maximum Gasteiger partial charge on any atom is 0.229 e. The van der Waals surface area contributed by atoms with Crippen LogP contribution in [0.25, 0.3) is 33.6 Å². The molecule has 6 N–H and O–H groups in total. The molecule has 4 aromatic heterocycles. The number of H-pyrrole nitrogens is 2. The Bertz CT molecular complexity index is 2250. The number of imidazole rings is 2. The van der Waals surface area contributed by atoms with E-state index < -0.39 is 35.1 Å². The zero-order valence-electron chi connectivity index (χ0n) is 37.0. The molecule has 2 unspecified atom stereocenters. The first kappa shape index (κ1) is 43.8. The van der Waals surface area contributed by atoms with E-state index in [0.717, 1.165) is 33.6 Å². The quantitative estimate of drug-likeness (QED) is 0.0683. The Morgan fingerprint density at radius 3 is 1.15 bits per heavy atom. The van der Waals surface area contributed by atoms with Crippen LogP contribution < -0.4 is 10.6 Å². The molecule has 60 heavy (non-hydrogen) atoms. The van der Waals surface area contributed by atoms with Crippen molar-refractivity contribution in [3.8, 4) is 33.6 Å². The van der Waals surface area contributed by atoms with Crippen LogP contribution in [0.4, 0.5) is 0 Å². The molecule has 6 aromatic rings. The standard InChI is InChI=1S/C48H62N8O4/c1-45(2,3)37(53-43(59)47(7,8)39(57)35-15-13-25-55(35)11)41-49-27-33(51-41)31-21-17-29(18-22-31)30-19-23-32(24-20-30)34-28-50-42(52-34)38(46(4,5)6)54-44(60)48(9,10)40(58)36-16-14-26-56(36)12/h13-28,37-40,57-58H,1-12H3,(H,49,51)(H,50,52)(H,53,59)(H,54,60)/t37-,38-,39?,40?/m1/s1. The van der Waals surface area contributed by atoms with Crippen molar-refractivity contribution in [3.05, 3.63) is 121 Å². The van der Waals surface area contributed by atoms with Crippen LogP contribution in [-0.2, 0) is 23.7 Å². The van der Waals surface area contributed by atoms with Crippen LogP contribution in [0.1, 0.15) is 117 Å². The van der Waals surface area contributed by atoms with Crippen molar-refractivity contribution in [2.24, 2.45) is 35.8 Å². The van der Waals surface area contributed by atoms with Crippen LogP contribution in [0, 0.1) is 21.7 Å². The number of benzene rings is 2. The van der Waals surface area contributed by atoms with E-state index in [0.29, 0.717) is 23.0 Å². The summed E-state index contributed by atoms with van der Waals surface area (Å²) in [6.07, 6.45) is 5.43. The number of aromatic amines is 2. The summed E-state index contributed by atoms with van der Waals surface area (Å²) in [7, 11) is 3.71. The number of nitrogens with zero attached hydrogens (tertiary/aromatic N) is 4. The summed E-state index contributed by atoms with van der Waals surface area (Å²) in [6.45, 7) is 19.3. The smallest absolute Gasteiger partial charge is 0.229 e. The molecule has 318 valence electrons. The molecule has 4 atom stereocenters. The summed E-state index contributed by atoms with van der Waals surface area (Å²) in [6, 6.07) is 22.9. The van der Waals surface area contributed by atoms with Crippen molar-refractivity contribution < 1.29 is 19.8 Å². The lowest BCUT2D eigenvalue weighted by molar-refractivity contribution is -0.138. The molecule has 2 amide bonds. The predicted octanol–water partition coefficient (Wildman–Crippen LogP) is 8.74. The van der Waals surface area contributed by atoms with Crippen LogP contribution in [0.15, 0.2) is 97.6 Å². The highest BCUT2D eigenvalue weighted by Gasteiger charge is 2.43. The number of rotatable bonds is 13. The van der Waals surface area contributed by atoms with E-state index >= 15 is 0 Å². The third kappa shape index (κ3) is 8.90. The molecule has 0 saturated heterocycles. The lowest BCUT2D eigenvalue weighted by atomic mass is 9.81. The van der Waals surface area contributed by atoms with E-state index in [9.17, 15) is 19.8 Å². The Balaban J connectivity index is 1.14. The number of aliphatic hydroxyl groups excluding tert-OH is 2. The Morgan fingerprint density at radius 2 is 0.867 bits per heavy atom. The fraction of sp³-hybridized carbons (Fsp3) is 0.417. The van der Waals surface area contributed by atoms with Gasteiger partial charge >= 0.3 is 0 Å². The third-order valence-corrected chi connectivity index (χ3v) is 11.8. The number of carbonyl (C=O) groups is 2. The molecular weight excluding hydrogens is 753 g/mol. The number of carbonyl (C=O) groups excluding carboxylic acids is 2. The number of aryl methyl sites for hydroxylation is 2. The Labute approximate surface area is 353 Å². The monoisotopic (exact) mass is 814 g/mol. The van der Waals surface area contributed by atoms with Gasteiger partial charge in [-0.1, -0.05) is 90.1 Å². The average Bonchev–Trinajstić information content (AvgIpc) is 4.03. The van der Waals surface area contributed by atoms with Crippen LogP contribution in [-0.4, -0.2) is 51.1 Å². The topological polar surface area (TPSA) is 166 Å². The average molecular weight is 815 g/mol. The fourth-order valence-corrected chi connectivity index (χ4v) is 7.46. The highest BCUT2D eigenvalue weighted by atomic mass is 16.3. The van der Waals surface area contributed by atoms with E-state index in [-0.39, 0.29) is 22.6 Å². The summed E-state index contributed by atoms with van der Waals surface area (Å²) in [4.78, 5) is 44.0. The van der Waals surface area contributed by atoms with Crippen LogP contribution in [0.2, 0.25) is 0 Å². The minimum atomic E-state index is -1.10. The van der Waals surface area contributed by atoms with Crippen LogP contribution in [0.3, 0.4) is 0 Å². The molecule has 0 bridgehead atoms. The van der Waals surface area contributed by atoms with Gasteiger partial charge in [-0.05, 0) is 73.9 Å². The van der Waals surface area contributed by atoms with Gasteiger partial charge in [-0.15, -0.1) is 0 Å². The summed E-state index contributed by atoms with van der Waals surface area (Å²) < 4.78 is 3.65. The highest BCUT2D eigenvalue weighted by Crippen LogP contribution is 2.40. The molecule has 0 fully saturated rings. The SMILES string of the molecule is Cn1cccc1C(O)C(C)(C)C(=O)N[C@H](c1nc(-c2ccc(-c3ccc(-c4c[nH]c([C@@H](NC(=O)C(C)(C)C(O)c5cccn5C)C(C)(C)C)n4)cc3)cc2)c[nH]1)C(C)(C)C. The number of amides is 2. The zero-order chi connectivity index (χ0) is 43.9. The minimum Gasteiger partial charge on any atom is -0.386 e. The van der Waals surface area contributed by atoms with Crippen molar-refractivity contribution in [3.63, 3.8) is 0 Å². The molecule has 0 aliphatic heterocycles. The lowest BCUT2D eigenvalue weighted by Gasteiger charge is -2.35. The second-order valence-electron chi connectivity index (χ2n) is 19.4. The molecule has 0 aliphatic carbocycles. The molecule has 4 heterocycles. The number of aliphatic hydroxyl groups is 2. The summed E-state index contributed by atoms with van der Waals surface area (Å²) in [5.41, 5.74) is 3.85. The van der Waals surface area contributed by atoms with Crippen LogP contribution >= 0.6 is 0 Å². The first-order chi connectivity index (χ1) is 28.0. The van der Waals surface area contributed by atoms with Gasteiger partial charge < -0.3 is 39.9 Å². The van der Waals surface area contributed by atoms with Crippen molar-refractivity contribution >= 4 is 11.8 Å². The van der Waals surface area contributed by atoms with Gasteiger partial charge in [0.15, 0.2) is 0 Å². The predicted molar refractivity (Wildman–Crippen MR) is 236 cm³/mol. The molecule has 0 radical (unpaired) electrons. The maximum atomic E-state index is 13.7. The maximum absolute atomic E-state index is 13.7. The van der Waals surface area contributed by atoms with Gasteiger partial charge in [0, 0.05) is 61.4 Å². The zero-order valence-corrected chi connectivity index (χ0v) is 37.0. The second kappa shape index (κ2) is 16.4. The Hall–Kier alpha value is -5.72. The lowest BCUT2D eigenvalue weighted by Crippen LogP contribution is -2.46.